The molecule has 0 spiro atoms. The number of hydrogen-bond acceptors (Lipinski definition) is 6. The number of halogens is 1. The zero-order valence-electron chi connectivity index (χ0n) is 14.2. The van der Waals surface area contributed by atoms with Crippen molar-refractivity contribution in [3.05, 3.63) is 33.6 Å². The van der Waals surface area contributed by atoms with Crippen LogP contribution in [-0.2, 0) is 16.6 Å². The molecule has 2 heterocycles. The summed E-state index contributed by atoms with van der Waals surface area (Å²) in [6.07, 6.45) is 0. The van der Waals surface area contributed by atoms with Gasteiger partial charge in [-0.25, -0.2) is 18.1 Å². The summed E-state index contributed by atoms with van der Waals surface area (Å²) < 4.78 is 26.9. The number of nitrogens with zero attached hydrogens (tertiary/aromatic N) is 3. The van der Waals surface area contributed by atoms with E-state index in [1.807, 2.05) is 24.3 Å². The lowest BCUT2D eigenvalue weighted by Crippen LogP contribution is -2.42. The highest BCUT2D eigenvalue weighted by Gasteiger charge is 2.14. The number of rotatable bonds is 7. The SMILES string of the molecule is CN=C(NCCNS(=O)(=O)c1cccs1)N(C)Cc1csc(C)n1.I. The minimum atomic E-state index is -3.42. The molecular formula is C14H22IN5O2S3. The molecule has 0 fully saturated rings. The van der Waals surface area contributed by atoms with Gasteiger partial charge in [0.25, 0.3) is 0 Å². The molecule has 0 aliphatic heterocycles. The Labute approximate surface area is 173 Å². The third kappa shape index (κ3) is 6.81. The summed E-state index contributed by atoms with van der Waals surface area (Å²) in [7, 11) is 0.191. The average Bonchev–Trinajstić information content (AvgIpc) is 3.19. The van der Waals surface area contributed by atoms with Crippen LogP contribution >= 0.6 is 46.7 Å². The molecule has 2 aromatic heterocycles. The molecule has 2 aromatic rings. The van der Waals surface area contributed by atoms with E-state index in [1.165, 1.54) is 11.3 Å². The summed E-state index contributed by atoms with van der Waals surface area (Å²) in [6.45, 7) is 3.34. The number of sulfonamides is 1. The molecule has 0 saturated carbocycles. The highest BCUT2D eigenvalue weighted by Crippen LogP contribution is 2.14. The lowest BCUT2D eigenvalue weighted by atomic mass is 10.4. The smallest absolute Gasteiger partial charge is 0.250 e. The van der Waals surface area contributed by atoms with Crippen molar-refractivity contribution in [3.8, 4) is 0 Å². The summed E-state index contributed by atoms with van der Waals surface area (Å²) in [5.41, 5.74) is 0.987. The fourth-order valence-electron chi connectivity index (χ4n) is 2.03. The normalized spacial score (nSPS) is 11.9. The monoisotopic (exact) mass is 515 g/mol. The average molecular weight is 515 g/mol. The minimum Gasteiger partial charge on any atom is -0.355 e. The van der Waals surface area contributed by atoms with Crippen molar-refractivity contribution < 1.29 is 8.42 Å². The van der Waals surface area contributed by atoms with E-state index in [4.69, 9.17) is 0 Å². The van der Waals surface area contributed by atoms with Crippen molar-refractivity contribution in [1.82, 2.24) is 19.9 Å². The van der Waals surface area contributed by atoms with Gasteiger partial charge in [0.15, 0.2) is 5.96 Å². The number of aryl methyl sites for hydroxylation is 1. The summed E-state index contributed by atoms with van der Waals surface area (Å²) >= 11 is 2.81. The number of thiophene rings is 1. The highest BCUT2D eigenvalue weighted by molar-refractivity contribution is 14.0. The first kappa shape index (κ1) is 22.3. The van der Waals surface area contributed by atoms with Crippen molar-refractivity contribution in [2.24, 2.45) is 4.99 Å². The minimum absolute atomic E-state index is 0. The quantitative estimate of drug-likeness (QED) is 0.256. The number of aromatic nitrogens is 1. The molecule has 7 nitrogen and oxygen atoms in total. The molecule has 0 saturated heterocycles. The van der Waals surface area contributed by atoms with Gasteiger partial charge in [0.2, 0.25) is 10.0 Å². The lowest BCUT2D eigenvalue weighted by Gasteiger charge is -2.21. The van der Waals surface area contributed by atoms with Crippen molar-refractivity contribution >= 4 is 62.6 Å². The largest absolute Gasteiger partial charge is 0.355 e. The van der Waals surface area contributed by atoms with Crippen LogP contribution < -0.4 is 10.0 Å². The van der Waals surface area contributed by atoms with Gasteiger partial charge >= 0.3 is 0 Å². The van der Waals surface area contributed by atoms with Gasteiger partial charge in [-0.3, -0.25) is 4.99 Å². The number of hydrogen-bond donors (Lipinski definition) is 2. The van der Waals surface area contributed by atoms with Crippen molar-refractivity contribution in [2.45, 2.75) is 17.7 Å². The molecule has 0 aliphatic carbocycles. The predicted octanol–water partition coefficient (Wildman–Crippen LogP) is 2.12. The molecule has 0 atom stereocenters. The van der Waals surface area contributed by atoms with E-state index in [2.05, 4.69) is 20.0 Å². The zero-order chi connectivity index (χ0) is 17.6. The van der Waals surface area contributed by atoms with E-state index in [1.54, 1.807) is 35.9 Å². The highest BCUT2D eigenvalue weighted by atomic mass is 127. The second-order valence-electron chi connectivity index (χ2n) is 5.02. The van der Waals surface area contributed by atoms with Crippen molar-refractivity contribution in [1.29, 1.82) is 0 Å². The lowest BCUT2D eigenvalue weighted by molar-refractivity contribution is 0.471. The van der Waals surface area contributed by atoms with E-state index < -0.39 is 10.0 Å². The van der Waals surface area contributed by atoms with Crippen molar-refractivity contribution in [3.63, 3.8) is 0 Å². The fourth-order valence-corrected chi connectivity index (χ4v) is 4.70. The summed E-state index contributed by atoms with van der Waals surface area (Å²) in [6, 6.07) is 3.30. The van der Waals surface area contributed by atoms with Gasteiger partial charge in [-0.2, -0.15) is 0 Å². The maximum Gasteiger partial charge on any atom is 0.250 e. The van der Waals surface area contributed by atoms with E-state index in [0.29, 0.717) is 23.3 Å². The zero-order valence-corrected chi connectivity index (χ0v) is 19.0. The molecule has 140 valence electrons. The van der Waals surface area contributed by atoms with Crippen LogP contribution in [-0.4, -0.2) is 51.4 Å². The maximum atomic E-state index is 12.0. The summed E-state index contributed by atoms with van der Waals surface area (Å²) in [5, 5.41) is 7.94. The first-order valence-corrected chi connectivity index (χ1v) is 10.5. The summed E-state index contributed by atoms with van der Waals surface area (Å²) in [5.74, 6) is 0.691. The Morgan fingerprint density at radius 2 is 2.12 bits per heavy atom. The van der Waals surface area contributed by atoms with Crippen LogP contribution in [0.2, 0.25) is 0 Å². The van der Waals surface area contributed by atoms with Crippen LogP contribution in [0, 0.1) is 6.92 Å². The van der Waals surface area contributed by atoms with Crippen LogP contribution in [0.3, 0.4) is 0 Å². The molecule has 0 amide bonds. The maximum absolute atomic E-state index is 12.0. The van der Waals surface area contributed by atoms with Gasteiger partial charge in [0.1, 0.15) is 4.21 Å². The number of nitrogens with one attached hydrogen (secondary N) is 2. The van der Waals surface area contributed by atoms with E-state index in [-0.39, 0.29) is 30.5 Å². The third-order valence-corrected chi connectivity index (χ3v) is 6.78. The Morgan fingerprint density at radius 3 is 2.68 bits per heavy atom. The fraction of sp³-hybridized carbons (Fsp3) is 0.429. The molecule has 0 aromatic carbocycles. The van der Waals surface area contributed by atoms with Crippen LogP contribution in [0.4, 0.5) is 0 Å². The molecule has 25 heavy (non-hydrogen) atoms. The van der Waals surface area contributed by atoms with E-state index >= 15 is 0 Å². The van der Waals surface area contributed by atoms with Crippen LogP contribution in [0.15, 0.2) is 32.1 Å². The molecule has 0 unspecified atom stereocenters. The number of thiazole rings is 1. The second-order valence-corrected chi connectivity index (χ2v) is 9.02. The Morgan fingerprint density at radius 1 is 1.36 bits per heavy atom. The molecule has 0 bridgehead atoms. The number of aliphatic imine (C=N–C) groups is 1. The van der Waals surface area contributed by atoms with Crippen LogP contribution in [0.1, 0.15) is 10.7 Å². The van der Waals surface area contributed by atoms with E-state index in [9.17, 15) is 8.42 Å². The van der Waals surface area contributed by atoms with Gasteiger partial charge in [0.05, 0.1) is 17.2 Å². The first-order valence-electron chi connectivity index (χ1n) is 7.28. The predicted molar refractivity (Wildman–Crippen MR) is 115 cm³/mol. The van der Waals surface area contributed by atoms with Gasteiger partial charge in [-0.05, 0) is 18.4 Å². The standard InChI is InChI=1S/C14H21N5O2S3.HI/c1-11-18-12(10-23-11)9-19(3)14(15-2)16-6-7-17-24(20,21)13-5-4-8-22-13;/h4-5,8,10,17H,6-7,9H2,1-3H3,(H,15,16);1H. The summed E-state index contributed by atoms with van der Waals surface area (Å²) in [4.78, 5) is 10.6. The Kier molecular flexibility index (Phi) is 9.27. The molecule has 0 radical (unpaired) electrons. The molecular weight excluding hydrogens is 493 g/mol. The van der Waals surface area contributed by atoms with Gasteiger partial charge < -0.3 is 10.2 Å². The van der Waals surface area contributed by atoms with Gasteiger partial charge in [-0.15, -0.1) is 46.7 Å². The molecule has 11 heteroatoms. The number of guanidine groups is 1. The van der Waals surface area contributed by atoms with E-state index in [0.717, 1.165) is 10.7 Å². The Balaban J connectivity index is 0.00000312. The van der Waals surface area contributed by atoms with Gasteiger partial charge in [0, 0.05) is 32.6 Å². The molecule has 0 aliphatic rings. The van der Waals surface area contributed by atoms with Crippen LogP contribution in [0.25, 0.3) is 0 Å². The van der Waals surface area contributed by atoms with Gasteiger partial charge in [-0.1, -0.05) is 6.07 Å². The first-order chi connectivity index (χ1) is 11.4. The second kappa shape index (κ2) is 10.4. The van der Waals surface area contributed by atoms with Crippen molar-refractivity contribution in [2.75, 3.05) is 27.2 Å². The Hall–Kier alpha value is -0.760. The third-order valence-electron chi connectivity index (χ3n) is 3.10. The topological polar surface area (TPSA) is 86.7 Å². The molecule has 2 rings (SSSR count). The van der Waals surface area contributed by atoms with Crippen LogP contribution in [0.5, 0.6) is 0 Å². The Bertz CT molecular complexity index is 774. The molecule has 2 N–H and O–H groups in total.